The Morgan fingerprint density at radius 1 is 1.31 bits per heavy atom. The molecule has 1 aromatic carbocycles. The molecule has 0 aliphatic heterocycles. The molecule has 0 amide bonds. The topological polar surface area (TPSA) is 57.5 Å². The van der Waals surface area contributed by atoms with Gasteiger partial charge in [0.15, 0.2) is 0 Å². The normalized spacial score (nSPS) is 10.0. The fraction of sp³-hybridized carbons (Fsp3) is 0.300. The van der Waals surface area contributed by atoms with Crippen molar-refractivity contribution < 1.29 is 15.0 Å². The Hall–Kier alpha value is -1.51. The maximum atomic E-state index is 10.4. The van der Waals surface area contributed by atoms with Gasteiger partial charge in [0, 0.05) is 5.56 Å². The van der Waals surface area contributed by atoms with Crippen molar-refractivity contribution in [3.05, 3.63) is 28.8 Å². The van der Waals surface area contributed by atoms with Crippen LogP contribution in [0.15, 0.2) is 12.1 Å². The van der Waals surface area contributed by atoms with Gasteiger partial charge in [0.25, 0.3) is 0 Å². The Balaban J connectivity index is 3.08. The molecule has 3 heteroatoms. The number of phenolic OH excluding ortho intramolecular Hbond substituents is 1. The van der Waals surface area contributed by atoms with Crippen molar-refractivity contribution in [2.45, 2.75) is 20.3 Å². The predicted octanol–water partition coefficient (Wildman–Crippen LogP) is 1.64. The number of aromatic hydroxyl groups is 1. The Labute approximate surface area is 76.6 Å². The molecule has 3 nitrogen and oxygen atoms in total. The number of carbonyl (C=O) groups is 1. The maximum Gasteiger partial charge on any atom is 0.307 e. The van der Waals surface area contributed by atoms with E-state index in [1.165, 1.54) is 0 Å². The van der Waals surface area contributed by atoms with Crippen LogP contribution in [0.25, 0.3) is 0 Å². The molecule has 0 saturated carbocycles. The highest BCUT2D eigenvalue weighted by Crippen LogP contribution is 2.22. The molecule has 0 aromatic heterocycles. The summed E-state index contributed by atoms with van der Waals surface area (Å²) in [7, 11) is 0. The zero-order valence-corrected chi connectivity index (χ0v) is 7.66. The Kier molecular flexibility index (Phi) is 2.56. The number of hydrogen-bond donors (Lipinski definition) is 2. The number of benzene rings is 1. The summed E-state index contributed by atoms with van der Waals surface area (Å²) in [5.41, 5.74) is 2.43. The summed E-state index contributed by atoms with van der Waals surface area (Å²) in [5.74, 6) is -0.871. The van der Waals surface area contributed by atoms with Crippen LogP contribution in [0.2, 0.25) is 0 Å². The monoisotopic (exact) mass is 180 g/mol. The summed E-state index contributed by atoms with van der Waals surface area (Å²) in [6.45, 7) is 3.76. The van der Waals surface area contributed by atoms with Gasteiger partial charge in [0.1, 0.15) is 5.75 Å². The molecule has 0 bridgehead atoms. The number of aryl methyl sites for hydroxylation is 2. The molecule has 70 valence electrons. The van der Waals surface area contributed by atoms with Crippen molar-refractivity contribution in [3.63, 3.8) is 0 Å². The van der Waals surface area contributed by atoms with Crippen LogP contribution in [-0.4, -0.2) is 16.2 Å². The van der Waals surface area contributed by atoms with Gasteiger partial charge >= 0.3 is 5.97 Å². The van der Waals surface area contributed by atoms with E-state index >= 15 is 0 Å². The van der Waals surface area contributed by atoms with E-state index in [-0.39, 0.29) is 12.2 Å². The number of aliphatic carboxylic acids is 1. The van der Waals surface area contributed by atoms with Gasteiger partial charge in [-0.2, -0.15) is 0 Å². The lowest BCUT2D eigenvalue weighted by atomic mass is 10.0. The van der Waals surface area contributed by atoms with Crippen molar-refractivity contribution in [2.24, 2.45) is 0 Å². The SMILES string of the molecule is Cc1cc(O)c(CC(=O)O)cc1C. The third kappa shape index (κ3) is 2.21. The molecular weight excluding hydrogens is 168 g/mol. The lowest BCUT2D eigenvalue weighted by Gasteiger charge is -2.05. The van der Waals surface area contributed by atoms with Gasteiger partial charge in [0.2, 0.25) is 0 Å². The van der Waals surface area contributed by atoms with Crippen LogP contribution < -0.4 is 0 Å². The van der Waals surface area contributed by atoms with Crippen LogP contribution in [0.5, 0.6) is 5.75 Å². The zero-order valence-electron chi connectivity index (χ0n) is 7.66. The average molecular weight is 180 g/mol. The fourth-order valence-electron chi connectivity index (χ4n) is 1.17. The van der Waals surface area contributed by atoms with E-state index in [4.69, 9.17) is 5.11 Å². The average Bonchev–Trinajstić information content (AvgIpc) is 1.99. The van der Waals surface area contributed by atoms with E-state index in [0.29, 0.717) is 5.56 Å². The quantitative estimate of drug-likeness (QED) is 0.727. The minimum atomic E-state index is -0.932. The zero-order chi connectivity index (χ0) is 10.0. The van der Waals surface area contributed by atoms with E-state index in [9.17, 15) is 9.90 Å². The summed E-state index contributed by atoms with van der Waals surface area (Å²) in [5, 5.41) is 17.9. The predicted molar refractivity (Wildman–Crippen MR) is 48.9 cm³/mol. The number of carboxylic acid groups (broad SMARTS) is 1. The van der Waals surface area contributed by atoms with E-state index in [1.807, 2.05) is 13.8 Å². The lowest BCUT2D eigenvalue weighted by molar-refractivity contribution is -0.136. The second kappa shape index (κ2) is 3.47. The molecule has 2 N–H and O–H groups in total. The lowest BCUT2D eigenvalue weighted by Crippen LogP contribution is -2.01. The minimum absolute atomic E-state index is 0.0606. The summed E-state index contributed by atoms with van der Waals surface area (Å²) in [6.07, 6.45) is -0.132. The Bertz CT molecular complexity index is 342. The van der Waals surface area contributed by atoms with Crippen molar-refractivity contribution in [1.82, 2.24) is 0 Å². The third-order valence-corrected chi connectivity index (χ3v) is 2.04. The fourth-order valence-corrected chi connectivity index (χ4v) is 1.17. The van der Waals surface area contributed by atoms with Gasteiger partial charge in [-0.3, -0.25) is 4.79 Å². The van der Waals surface area contributed by atoms with Gasteiger partial charge in [-0.25, -0.2) is 0 Å². The number of rotatable bonds is 2. The first kappa shape index (κ1) is 9.58. The molecular formula is C10H12O3. The van der Waals surface area contributed by atoms with Crippen LogP contribution >= 0.6 is 0 Å². The highest BCUT2D eigenvalue weighted by molar-refractivity contribution is 5.71. The number of hydrogen-bond acceptors (Lipinski definition) is 2. The van der Waals surface area contributed by atoms with Crippen LogP contribution in [0, 0.1) is 13.8 Å². The van der Waals surface area contributed by atoms with Gasteiger partial charge < -0.3 is 10.2 Å². The van der Waals surface area contributed by atoms with Gasteiger partial charge in [-0.1, -0.05) is 6.07 Å². The molecule has 0 aliphatic rings. The molecule has 0 unspecified atom stereocenters. The summed E-state index contributed by atoms with van der Waals surface area (Å²) >= 11 is 0. The molecule has 0 saturated heterocycles. The first-order valence-electron chi connectivity index (χ1n) is 4.01. The highest BCUT2D eigenvalue weighted by atomic mass is 16.4. The smallest absolute Gasteiger partial charge is 0.307 e. The van der Waals surface area contributed by atoms with Crippen molar-refractivity contribution in [1.29, 1.82) is 0 Å². The van der Waals surface area contributed by atoms with Gasteiger partial charge in [-0.05, 0) is 31.0 Å². The molecule has 1 rings (SSSR count). The molecule has 0 atom stereocenters. The second-order valence-electron chi connectivity index (χ2n) is 3.14. The highest BCUT2D eigenvalue weighted by Gasteiger charge is 2.07. The molecule has 13 heavy (non-hydrogen) atoms. The largest absolute Gasteiger partial charge is 0.508 e. The second-order valence-corrected chi connectivity index (χ2v) is 3.14. The summed E-state index contributed by atoms with van der Waals surface area (Å²) in [6, 6.07) is 3.30. The molecule has 0 spiro atoms. The summed E-state index contributed by atoms with van der Waals surface area (Å²) < 4.78 is 0. The van der Waals surface area contributed by atoms with Crippen LogP contribution in [0.4, 0.5) is 0 Å². The van der Waals surface area contributed by atoms with Crippen molar-refractivity contribution >= 4 is 5.97 Å². The Morgan fingerprint density at radius 2 is 1.85 bits per heavy atom. The van der Waals surface area contributed by atoms with E-state index in [0.717, 1.165) is 11.1 Å². The van der Waals surface area contributed by atoms with Crippen LogP contribution in [0.3, 0.4) is 0 Å². The first-order chi connectivity index (χ1) is 6.00. The maximum absolute atomic E-state index is 10.4. The molecule has 0 aliphatic carbocycles. The minimum Gasteiger partial charge on any atom is -0.508 e. The van der Waals surface area contributed by atoms with Gasteiger partial charge in [-0.15, -0.1) is 0 Å². The molecule has 0 heterocycles. The van der Waals surface area contributed by atoms with Crippen LogP contribution in [0.1, 0.15) is 16.7 Å². The van der Waals surface area contributed by atoms with Crippen molar-refractivity contribution in [3.8, 4) is 5.75 Å². The standard InChI is InChI=1S/C10H12O3/c1-6-3-8(5-10(12)13)9(11)4-7(6)2/h3-4,11H,5H2,1-2H3,(H,12,13). The van der Waals surface area contributed by atoms with Crippen molar-refractivity contribution in [2.75, 3.05) is 0 Å². The first-order valence-corrected chi connectivity index (χ1v) is 4.01. The molecule has 1 aromatic rings. The third-order valence-electron chi connectivity index (χ3n) is 2.04. The molecule has 0 fully saturated rings. The number of phenols is 1. The number of carboxylic acids is 1. The van der Waals surface area contributed by atoms with E-state index in [2.05, 4.69) is 0 Å². The van der Waals surface area contributed by atoms with Gasteiger partial charge in [0.05, 0.1) is 6.42 Å². The Morgan fingerprint density at radius 3 is 2.38 bits per heavy atom. The van der Waals surface area contributed by atoms with Crippen LogP contribution in [-0.2, 0) is 11.2 Å². The van der Waals surface area contributed by atoms with E-state index in [1.54, 1.807) is 12.1 Å². The van der Waals surface area contributed by atoms with E-state index < -0.39 is 5.97 Å². The summed E-state index contributed by atoms with van der Waals surface area (Å²) in [4.78, 5) is 10.4. The molecule has 0 radical (unpaired) electrons.